The molecule has 31 heavy (non-hydrogen) atoms. The van der Waals surface area contributed by atoms with Gasteiger partial charge in [-0.2, -0.15) is 9.78 Å². The molecule has 0 saturated heterocycles. The summed E-state index contributed by atoms with van der Waals surface area (Å²) in [6, 6.07) is 8.66. The average molecular weight is 486 g/mol. The van der Waals surface area contributed by atoms with E-state index in [4.69, 9.17) is 4.52 Å². The molecule has 0 fully saturated rings. The van der Waals surface area contributed by atoms with Crippen molar-refractivity contribution >= 4 is 33.3 Å². The Hall–Kier alpha value is -3.80. The molecule has 3 heterocycles. The lowest BCUT2D eigenvalue weighted by Crippen LogP contribution is -2.16. The van der Waals surface area contributed by atoms with Crippen LogP contribution in [0.15, 0.2) is 57.9 Å². The van der Waals surface area contributed by atoms with Crippen LogP contribution in [-0.2, 0) is 13.1 Å². The number of amides is 1. The predicted octanol–water partition coefficient (Wildman–Crippen LogP) is 3.40. The van der Waals surface area contributed by atoms with Gasteiger partial charge in [-0.1, -0.05) is 17.3 Å². The van der Waals surface area contributed by atoms with Crippen LogP contribution in [-0.4, -0.2) is 35.5 Å². The summed E-state index contributed by atoms with van der Waals surface area (Å²) >= 11 is 3.36. The number of halogens is 1. The molecule has 0 aliphatic heterocycles. The van der Waals surface area contributed by atoms with Crippen LogP contribution in [0.3, 0.4) is 0 Å². The van der Waals surface area contributed by atoms with E-state index in [1.807, 2.05) is 24.4 Å². The van der Waals surface area contributed by atoms with Crippen LogP contribution >= 0.6 is 15.9 Å². The monoisotopic (exact) mass is 485 g/mol. The van der Waals surface area contributed by atoms with Gasteiger partial charge < -0.3 is 20.0 Å². The van der Waals surface area contributed by atoms with E-state index >= 15 is 0 Å². The van der Waals surface area contributed by atoms with Crippen molar-refractivity contribution in [1.29, 1.82) is 0 Å². The second-order valence-corrected chi connectivity index (χ2v) is 7.62. The predicted molar refractivity (Wildman–Crippen MR) is 113 cm³/mol. The maximum absolute atomic E-state index is 12.8. The van der Waals surface area contributed by atoms with E-state index in [1.54, 1.807) is 23.9 Å². The van der Waals surface area contributed by atoms with Gasteiger partial charge in [0.15, 0.2) is 5.69 Å². The molecule has 0 spiro atoms. The van der Waals surface area contributed by atoms with Gasteiger partial charge in [0, 0.05) is 11.9 Å². The number of benzene rings is 1. The van der Waals surface area contributed by atoms with Crippen molar-refractivity contribution in [3.8, 4) is 0 Å². The third kappa shape index (κ3) is 4.69. The first-order valence-electron chi connectivity index (χ1n) is 9.10. The van der Waals surface area contributed by atoms with Gasteiger partial charge in [0.25, 0.3) is 5.91 Å². The number of nitro groups is 1. The molecular formula is C19H16BrN7O4. The quantitative estimate of drug-likeness (QED) is 0.313. The molecule has 0 aliphatic carbocycles. The molecular weight excluding hydrogens is 470 g/mol. The Labute approximate surface area is 183 Å². The molecule has 0 unspecified atom stereocenters. The molecule has 3 aromatic heterocycles. The summed E-state index contributed by atoms with van der Waals surface area (Å²) in [5.41, 5.74) is 2.13. The molecule has 158 valence electrons. The number of carbonyl (C=O) groups is 1. The highest BCUT2D eigenvalue weighted by Gasteiger charge is 2.22. The normalized spacial score (nSPS) is 10.9. The molecule has 12 heteroatoms. The zero-order valence-corrected chi connectivity index (χ0v) is 17.8. The lowest BCUT2D eigenvalue weighted by Gasteiger charge is -2.07. The fourth-order valence-electron chi connectivity index (χ4n) is 3.00. The summed E-state index contributed by atoms with van der Waals surface area (Å²) in [6.07, 6.45) is 5.02. The number of carbonyl (C=O) groups excluding carboxylic acids is 1. The van der Waals surface area contributed by atoms with Gasteiger partial charge in [0.1, 0.15) is 5.76 Å². The number of anilines is 1. The topological polar surface area (TPSA) is 134 Å². The molecule has 11 nitrogen and oxygen atoms in total. The van der Waals surface area contributed by atoms with Crippen LogP contribution in [0.25, 0.3) is 0 Å². The second-order valence-electron chi connectivity index (χ2n) is 6.71. The lowest BCUT2D eigenvalue weighted by atomic mass is 10.1. The van der Waals surface area contributed by atoms with Crippen LogP contribution in [0.5, 0.6) is 0 Å². The molecule has 4 rings (SSSR count). The summed E-state index contributed by atoms with van der Waals surface area (Å²) in [7, 11) is 0. The van der Waals surface area contributed by atoms with E-state index in [9.17, 15) is 14.9 Å². The number of aromatic nitrogens is 5. The van der Waals surface area contributed by atoms with Gasteiger partial charge in [-0.3, -0.25) is 9.48 Å². The van der Waals surface area contributed by atoms with Crippen molar-refractivity contribution in [3.63, 3.8) is 0 Å². The average Bonchev–Trinajstić information content (AvgIpc) is 3.44. The lowest BCUT2D eigenvalue weighted by molar-refractivity contribution is -0.389. The Morgan fingerprint density at radius 1 is 1.29 bits per heavy atom. The Bertz CT molecular complexity index is 1260. The fourth-order valence-corrected chi connectivity index (χ4v) is 3.33. The summed E-state index contributed by atoms with van der Waals surface area (Å²) in [4.78, 5) is 23.1. The molecule has 1 aromatic carbocycles. The smallest absolute Gasteiger partial charge is 0.361 e. The van der Waals surface area contributed by atoms with Gasteiger partial charge in [-0.15, -0.1) is 0 Å². The van der Waals surface area contributed by atoms with E-state index in [0.717, 1.165) is 10.0 Å². The molecule has 4 aromatic rings. The van der Waals surface area contributed by atoms with E-state index < -0.39 is 10.8 Å². The number of rotatable bonds is 7. The number of nitrogens with zero attached hydrogens (tertiary/aromatic N) is 6. The Morgan fingerprint density at radius 3 is 2.84 bits per heavy atom. The van der Waals surface area contributed by atoms with Crippen LogP contribution < -0.4 is 5.32 Å². The van der Waals surface area contributed by atoms with Crippen LogP contribution in [0, 0.1) is 17.0 Å². The molecule has 1 N–H and O–H groups in total. The largest absolute Gasteiger partial charge is 0.389 e. The number of hydrogen-bond donors (Lipinski definition) is 1. The minimum Gasteiger partial charge on any atom is -0.361 e. The SMILES string of the molecule is Cc1onc(C(=O)Nc2cccc(Cn3cc(Br)cn3)c2)c1Cn1ccc([N+](=O)[O-])n1. The van der Waals surface area contributed by atoms with E-state index in [1.165, 1.54) is 16.9 Å². The standard InChI is InChI=1S/C19H16BrN7O4/c1-12-16(11-25-6-5-17(23-25)27(29)30)18(24-31-12)19(28)22-15-4-2-3-13(7-15)9-26-10-14(20)8-21-26/h2-8,10H,9,11H2,1H3,(H,22,28). The molecule has 0 bridgehead atoms. The van der Waals surface area contributed by atoms with Gasteiger partial charge in [-0.25, -0.2) is 0 Å². The third-order valence-electron chi connectivity index (χ3n) is 4.46. The van der Waals surface area contributed by atoms with Crippen molar-refractivity contribution in [1.82, 2.24) is 24.7 Å². The highest BCUT2D eigenvalue weighted by molar-refractivity contribution is 9.10. The minimum atomic E-state index is -0.584. The van der Waals surface area contributed by atoms with E-state index in [-0.39, 0.29) is 18.1 Å². The van der Waals surface area contributed by atoms with Gasteiger partial charge >= 0.3 is 5.82 Å². The van der Waals surface area contributed by atoms with Crippen molar-refractivity contribution in [2.45, 2.75) is 20.0 Å². The van der Waals surface area contributed by atoms with Gasteiger partial charge in [0.05, 0.1) is 46.7 Å². The van der Waals surface area contributed by atoms with Crippen LogP contribution in [0.2, 0.25) is 0 Å². The Kier molecular flexibility index (Phi) is 5.62. The molecule has 0 aliphatic rings. The van der Waals surface area contributed by atoms with E-state index in [2.05, 4.69) is 36.6 Å². The molecule has 0 saturated carbocycles. The van der Waals surface area contributed by atoms with Crippen LogP contribution in [0.1, 0.15) is 27.4 Å². The van der Waals surface area contributed by atoms with Gasteiger partial charge in [0.2, 0.25) is 0 Å². The second kappa shape index (κ2) is 8.52. The fraction of sp³-hybridized carbons (Fsp3) is 0.158. The summed E-state index contributed by atoms with van der Waals surface area (Å²) < 4.78 is 9.20. The van der Waals surface area contributed by atoms with Crippen molar-refractivity contribution in [3.05, 3.63) is 86.1 Å². The Balaban J connectivity index is 1.50. The maximum Gasteiger partial charge on any atom is 0.389 e. The summed E-state index contributed by atoms with van der Waals surface area (Å²) in [5.74, 6) is -0.296. The number of aryl methyl sites for hydroxylation is 1. The summed E-state index contributed by atoms with van der Waals surface area (Å²) in [5, 5.41) is 25.6. The van der Waals surface area contributed by atoms with E-state index in [0.29, 0.717) is 23.6 Å². The molecule has 0 atom stereocenters. The first-order valence-corrected chi connectivity index (χ1v) is 9.89. The highest BCUT2D eigenvalue weighted by Crippen LogP contribution is 2.19. The number of nitrogens with one attached hydrogen (secondary N) is 1. The zero-order chi connectivity index (χ0) is 22.0. The van der Waals surface area contributed by atoms with Gasteiger partial charge in [-0.05, 0) is 45.5 Å². The Morgan fingerprint density at radius 2 is 2.13 bits per heavy atom. The maximum atomic E-state index is 12.8. The van der Waals surface area contributed by atoms with Crippen molar-refractivity contribution < 1.29 is 14.2 Å². The molecule has 0 radical (unpaired) electrons. The first kappa shape index (κ1) is 20.5. The summed E-state index contributed by atoms with van der Waals surface area (Å²) in [6.45, 7) is 2.32. The third-order valence-corrected chi connectivity index (χ3v) is 4.87. The highest BCUT2D eigenvalue weighted by atomic mass is 79.9. The minimum absolute atomic E-state index is 0.0945. The van der Waals surface area contributed by atoms with Crippen molar-refractivity contribution in [2.75, 3.05) is 5.32 Å². The number of hydrogen-bond acceptors (Lipinski definition) is 7. The van der Waals surface area contributed by atoms with Crippen molar-refractivity contribution in [2.24, 2.45) is 0 Å². The van der Waals surface area contributed by atoms with Crippen LogP contribution in [0.4, 0.5) is 11.5 Å². The molecule has 1 amide bonds. The zero-order valence-electron chi connectivity index (χ0n) is 16.2. The first-order chi connectivity index (χ1) is 14.9.